The van der Waals surface area contributed by atoms with Crippen molar-refractivity contribution in [2.75, 3.05) is 7.11 Å². The van der Waals surface area contributed by atoms with Crippen LogP contribution in [0.3, 0.4) is 0 Å². The van der Waals surface area contributed by atoms with Crippen molar-refractivity contribution in [2.24, 2.45) is 17.0 Å². The molecule has 0 spiro atoms. The number of esters is 1. The molecule has 0 aromatic heterocycles. The lowest BCUT2D eigenvalue weighted by atomic mass is 9.82. The van der Waals surface area contributed by atoms with E-state index in [1.807, 2.05) is 0 Å². The summed E-state index contributed by atoms with van der Waals surface area (Å²) in [5, 5.41) is 11.7. The van der Waals surface area contributed by atoms with E-state index in [1.165, 1.54) is 7.11 Å². The molecule has 0 aromatic rings. The van der Waals surface area contributed by atoms with Crippen molar-refractivity contribution in [1.29, 1.82) is 0 Å². The number of carbonyl (C=O) groups is 1. The molecule has 5 heteroatoms. The Bertz CT molecular complexity index is 234. The van der Waals surface area contributed by atoms with Gasteiger partial charge in [-0.25, -0.2) is 0 Å². The summed E-state index contributed by atoms with van der Waals surface area (Å²) < 4.78 is 4.66. The molecule has 4 nitrogen and oxygen atoms in total. The van der Waals surface area contributed by atoms with E-state index in [0.717, 1.165) is 25.7 Å². The molecule has 0 bridgehead atoms. The summed E-state index contributed by atoms with van der Waals surface area (Å²) in [5.74, 6) is -0.0671. The average molecular weight is 220 g/mol. The third-order valence-corrected chi connectivity index (χ3v) is 3.08. The summed E-state index contributed by atoms with van der Waals surface area (Å²) in [6.07, 6.45) is 3.07. The van der Waals surface area contributed by atoms with Gasteiger partial charge in [0.2, 0.25) is 0 Å². The van der Waals surface area contributed by atoms with Gasteiger partial charge in [-0.2, -0.15) is 0 Å². The molecule has 0 heterocycles. The van der Waals surface area contributed by atoms with E-state index < -0.39 is 0 Å². The molecule has 1 N–H and O–H groups in total. The second kappa shape index (κ2) is 5.20. The molecule has 0 radical (unpaired) electrons. The van der Waals surface area contributed by atoms with Gasteiger partial charge in [-0.15, -0.1) is 0 Å². The van der Waals surface area contributed by atoms with Crippen molar-refractivity contribution < 1.29 is 14.7 Å². The third kappa shape index (κ3) is 2.61. The predicted molar refractivity (Wildman–Crippen MR) is 52.5 cm³/mol. The highest BCUT2D eigenvalue weighted by molar-refractivity contribution is 6.65. The van der Waals surface area contributed by atoms with Crippen LogP contribution in [0.1, 0.15) is 25.7 Å². The zero-order valence-corrected chi connectivity index (χ0v) is 8.83. The largest absolute Gasteiger partial charge is 0.469 e. The Morgan fingerprint density at radius 1 is 1.36 bits per heavy atom. The first-order chi connectivity index (χ1) is 6.69. The Labute approximate surface area is 87.9 Å². The van der Waals surface area contributed by atoms with E-state index in [9.17, 15) is 4.79 Å². The molecule has 0 unspecified atom stereocenters. The van der Waals surface area contributed by atoms with E-state index in [2.05, 4.69) is 9.89 Å². The molecule has 0 atom stereocenters. The van der Waals surface area contributed by atoms with Crippen molar-refractivity contribution in [2.45, 2.75) is 25.7 Å². The molecule has 1 aliphatic carbocycles. The first kappa shape index (κ1) is 11.3. The van der Waals surface area contributed by atoms with Gasteiger partial charge in [0.05, 0.1) is 13.0 Å². The smallest absolute Gasteiger partial charge is 0.308 e. The minimum atomic E-state index is -0.152. The van der Waals surface area contributed by atoms with Crippen LogP contribution in [0.15, 0.2) is 5.16 Å². The van der Waals surface area contributed by atoms with Crippen molar-refractivity contribution in [3.05, 3.63) is 0 Å². The lowest BCUT2D eigenvalue weighted by Gasteiger charge is -2.25. The Hall–Kier alpha value is -0.770. The summed E-state index contributed by atoms with van der Waals surface area (Å²) in [7, 11) is 1.40. The highest BCUT2D eigenvalue weighted by Crippen LogP contribution is 2.31. The van der Waals surface area contributed by atoms with E-state index in [0.29, 0.717) is 0 Å². The Morgan fingerprint density at radius 3 is 2.29 bits per heavy atom. The summed E-state index contributed by atoms with van der Waals surface area (Å²) in [6.45, 7) is 0. The fourth-order valence-corrected chi connectivity index (χ4v) is 2.03. The molecular formula is C9H14ClNO3. The molecular weight excluding hydrogens is 206 g/mol. The number of rotatable bonds is 2. The molecule has 0 amide bonds. The monoisotopic (exact) mass is 219 g/mol. The second-order valence-corrected chi connectivity index (χ2v) is 3.88. The van der Waals surface area contributed by atoms with Crippen LogP contribution in [0.25, 0.3) is 0 Å². The van der Waals surface area contributed by atoms with Crippen LogP contribution < -0.4 is 0 Å². The number of hydrogen-bond acceptors (Lipinski definition) is 4. The zero-order valence-electron chi connectivity index (χ0n) is 8.07. The highest BCUT2D eigenvalue weighted by atomic mass is 35.5. The normalized spacial score (nSPS) is 28.6. The van der Waals surface area contributed by atoms with E-state index >= 15 is 0 Å². The molecule has 0 saturated heterocycles. The molecule has 80 valence electrons. The molecule has 14 heavy (non-hydrogen) atoms. The lowest BCUT2D eigenvalue weighted by molar-refractivity contribution is -0.146. The second-order valence-electron chi connectivity index (χ2n) is 3.49. The van der Waals surface area contributed by atoms with Crippen LogP contribution in [0.5, 0.6) is 0 Å². The molecule has 0 aromatic carbocycles. The maximum Gasteiger partial charge on any atom is 0.308 e. The first-order valence-electron chi connectivity index (χ1n) is 4.64. The highest BCUT2D eigenvalue weighted by Gasteiger charge is 2.28. The van der Waals surface area contributed by atoms with Gasteiger partial charge >= 0.3 is 5.97 Å². The quantitative estimate of drug-likeness (QED) is 0.334. The van der Waals surface area contributed by atoms with Crippen molar-refractivity contribution >= 4 is 22.7 Å². The standard InChI is InChI=1S/C9H14ClNO3/c1-14-9(12)7-4-2-6(3-5-7)8(10)11-13/h6-7,13H,2-5H2,1H3/b11-8+/t6-,7-. The van der Waals surface area contributed by atoms with Crippen LogP contribution in [0.4, 0.5) is 0 Å². The number of nitrogens with zero attached hydrogens (tertiary/aromatic N) is 1. The van der Waals surface area contributed by atoms with Crippen molar-refractivity contribution in [3.8, 4) is 0 Å². The van der Waals surface area contributed by atoms with Gasteiger partial charge in [0.25, 0.3) is 0 Å². The van der Waals surface area contributed by atoms with Crippen LogP contribution in [0, 0.1) is 11.8 Å². The summed E-state index contributed by atoms with van der Waals surface area (Å²) in [6, 6.07) is 0. The molecule has 1 rings (SSSR count). The summed E-state index contributed by atoms with van der Waals surface area (Å²) >= 11 is 5.69. The number of halogens is 1. The molecule has 1 saturated carbocycles. The van der Waals surface area contributed by atoms with Gasteiger partial charge in [0.1, 0.15) is 5.17 Å². The van der Waals surface area contributed by atoms with Gasteiger partial charge in [-0.3, -0.25) is 4.79 Å². The van der Waals surface area contributed by atoms with Crippen LogP contribution in [-0.2, 0) is 9.53 Å². The van der Waals surface area contributed by atoms with Gasteiger partial charge in [0, 0.05) is 5.92 Å². The predicted octanol–water partition coefficient (Wildman–Crippen LogP) is 1.99. The minimum absolute atomic E-state index is 0.0144. The van der Waals surface area contributed by atoms with Crippen LogP contribution in [-0.4, -0.2) is 23.5 Å². The first-order valence-corrected chi connectivity index (χ1v) is 5.02. The van der Waals surface area contributed by atoms with E-state index in [1.54, 1.807) is 0 Å². The number of ether oxygens (including phenoxy) is 1. The number of oxime groups is 1. The van der Waals surface area contributed by atoms with Crippen LogP contribution >= 0.6 is 11.6 Å². The Kier molecular flexibility index (Phi) is 4.20. The average Bonchev–Trinajstić information content (AvgIpc) is 2.27. The fourth-order valence-electron chi connectivity index (χ4n) is 1.82. The summed E-state index contributed by atoms with van der Waals surface area (Å²) in [5.41, 5.74) is 0. The molecule has 1 fully saturated rings. The van der Waals surface area contributed by atoms with E-state index in [-0.39, 0.29) is 23.0 Å². The van der Waals surface area contributed by atoms with Gasteiger partial charge in [-0.05, 0) is 25.7 Å². The summed E-state index contributed by atoms with van der Waals surface area (Å²) in [4.78, 5) is 11.2. The third-order valence-electron chi connectivity index (χ3n) is 2.69. The maximum absolute atomic E-state index is 11.2. The topological polar surface area (TPSA) is 58.9 Å². The Morgan fingerprint density at radius 2 is 1.86 bits per heavy atom. The lowest BCUT2D eigenvalue weighted by Crippen LogP contribution is -2.25. The SMILES string of the molecule is COC(=O)[C@H]1CC[C@H](/C(Cl)=N\O)CC1. The van der Waals surface area contributed by atoms with Crippen molar-refractivity contribution in [3.63, 3.8) is 0 Å². The van der Waals surface area contributed by atoms with Gasteiger partial charge in [0.15, 0.2) is 0 Å². The van der Waals surface area contributed by atoms with E-state index in [4.69, 9.17) is 16.8 Å². The number of methoxy groups -OCH3 is 1. The van der Waals surface area contributed by atoms with Crippen LogP contribution in [0.2, 0.25) is 0 Å². The number of carbonyl (C=O) groups excluding carboxylic acids is 1. The maximum atomic E-state index is 11.2. The number of hydrogen-bond donors (Lipinski definition) is 1. The fraction of sp³-hybridized carbons (Fsp3) is 0.778. The van der Waals surface area contributed by atoms with Gasteiger partial charge in [-0.1, -0.05) is 16.8 Å². The molecule has 1 aliphatic rings. The van der Waals surface area contributed by atoms with Gasteiger partial charge < -0.3 is 9.94 Å². The Balaban J connectivity index is 2.42. The molecule has 0 aliphatic heterocycles. The minimum Gasteiger partial charge on any atom is -0.469 e. The van der Waals surface area contributed by atoms with Crippen molar-refractivity contribution in [1.82, 2.24) is 0 Å². The zero-order chi connectivity index (χ0) is 10.6.